The molecule has 2 nitrogen and oxygen atoms in total. The van der Waals surface area contributed by atoms with Gasteiger partial charge in [-0.2, -0.15) is 0 Å². The number of aromatic nitrogens is 2. The van der Waals surface area contributed by atoms with E-state index in [2.05, 4.69) is 214 Å². The maximum absolute atomic E-state index is 5.26. The minimum Gasteiger partial charge on any atom is -0.228 e. The highest BCUT2D eigenvalue weighted by atomic mass is 14.9. The zero-order valence-electron chi connectivity index (χ0n) is 35.2. The van der Waals surface area contributed by atoms with Crippen LogP contribution in [0.3, 0.4) is 0 Å². The Morgan fingerprint density at radius 2 is 0.778 bits per heavy atom. The second-order valence-electron chi connectivity index (χ2n) is 17.3. The molecule has 11 aromatic rings. The lowest BCUT2D eigenvalue weighted by Gasteiger charge is -2.22. The molecule has 0 radical (unpaired) electrons. The molecule has 0 atom stereocenters. The predicted molar refractivity (Wildman–Crippen MR) is 265 cm³/mol. The molecule has 10 aromatic carbocycles. The fourth-order valence-corrected chi connectivity index (χ4v) is 10.1. The summed E-state index contributed by atoms with van der Waals surface area (Å²) in [5, 5.41) is 7.43. The summed E-state index contributed by atoms with van der Waals surface area (Å²) in [5.74, 6) is 0.706. The lowest BCUT2D eigenvalue weighted by atomic mass is 9.81. The van der Waals surface area contributed by atoms with E-state index in [1.165, 1.54) is 82.6 Å². The Hall–Kier alpha value is -7.94. The molecule has 1 aliphatic rings. The van der Waals surface area contributed by atoms with E-state index < -0.39 is 0 Å². The number of rotatable bonds is 6. The highest BCUT2D eigenvalue weighted by molar-refractivity contribution is 6.12. The van der Waals surface area contributed by atoms with Crippen molar-refractivity contribution in [1.29, 1.82) is 0 Å². The normalized spacial score (nSPS) is 12.7. The highest BCUT2D eigenvalue weighted by Gasteiger charge is 2.36. The quantitative estimate of drug-likeness (QED) is 0.167. The Balaban J connectivity index is 0.973. The monoisotopic (exact) mass is 802 g/mol. The van der Waals surface area contributed by atoms with Gasteiger partial charge < -0.3 is 0 Å². The Labute approximate surface area is 367 Å². The van der Waals surface area contributed by atoms with Gasteiger partial charge in [0.2, 0.25) is 0 Å². The number of hydrogen-bond donors (Lipinski definition) is 0. The van der Waals surface area contributed by atoms with Crippen LogP contribution in [0.2, 0.25) is 0 Å². The maximum Gasteiger partial charge on any atom is 0.160 e. The summed E-state index contributed by atoms with van der Waals surface area (Å²) in [6, 6.07) is 79.1. The molecule has 1 aliphatic carbocycles. The molecule has 1 heterocycles. The van der Waals surface area contributed by atoms with E-state index in [-0.39, 0.29) is 5.41 Å². The molecule has 0 N–H and O–H groups in total. The van der Waals surface area contributed by atoms with Gasteiger partial charge in [-0.25, -0.2) is 9.97 Å². The zero-order valence-corrected chi connectivity index (χ0v) is 35.2. The topological polar surface area (TPSA) is 25.8 Å². The molecule has 0 spiro atoms. The third-order valence-corrected chi connectivity index (χ3v) is 13.3. The summed E-state index contributed by atoms with van der Waals surface area (Å²) in [5.41, 5.74) is 17.5. The minimum atomic E-state index is -0.111. The van der Waals surface area contributed by atoms with Crippen LogP contribution in [0.15, 0.2) is 218 Å². The Morgan fingerprint density at radius 3 is 1.46 bits per heavy atom. The molecular weight excluding hydrogens is 761 g/mol. The van der Waals surface area contributed by atoms with Crippen LogP contribution in [0.25, 0.3) is 111 Å². The third kappa shape index (κ3) is 6.09. The first-order valence-corrected chi connectivity index (χ1v) is 21.8. The second kappa shape index (κ2) is 14.6. The van der Waals surface area contributed by atoms with Crippen molar-refractivity contribution in [2.45, 2.75) is 19.3 Å². The summed E-state index contributed by atoms with van der Waals surface area (Å²) >= 11 is 0. The van der Waals surface area contributed by atoms with Gasteiger partial charge in [0.25, 0.3) is 0 Å². The molecule has 2 heteroatoms. The van der Waals surface area contributed by atoms with Gasteiger partial charge in [0.1, 0.15) is 0 Å². The lowest BCUT2D eigenvalue weighted by molar-refractivity contribution is 0.661. The van der Waals surface area contributed by atoms with E-state index in [0.29, 0.717) is 5.82 Å². The molecule has 0 fully saturated rings. The van der Waals surface area contributed by atoms with Crippen molar-refractivity contribution in [3.63, 3.8) is 0 Å². The van der Waals surface area contributed by atoms with Crippen LogP contribution >= 0.6 is 0 Å². The van der Waals surface area contributed by atoms with Crippen molar-refractivity contribution < 1.29 is 0 Å². The third-order valence-electron chi connectivity index (χ3n) is 13.3. The number of hydrogen-bond acceptors (Lipinski definition) is 2. The Bertz CT molecular complexity index is 3570. The van der Waals surface area contributed by atoms with Crippen LogP contribution in [0.1, 0.15) is 25.0 Å². The fourth-order valence-electron chi connectivity index (χ4n) is 10.1. The summed E-state index contributed by atoms with van der Waals surface area (Å²) < 4.78 is 0. The SMILES string of the molecule is CC1(C)c2cc(-c3ccc(-c4ccc(-c5cc(-c6ccc(-c7ccccc7)cc6)nc(-c6ccccc6)n5)c5ccccc45)c4ccccc34)ccc2-c2c1ccc1ccccc21. The van der Waals surface area contributed by atoms with Crippen molar-refractivity contribution in [3.05, 3.63) is 230 Å². The van der Waals surface area contributed by atoms with Crippen molar-refractivity contribution in [2.24, 2.45) is 0 Å². The first-order chi connectivity index (χ1) is 31.0. The Morgan fingerprint density at radius 1 is 0.302 bits per heavy atom. The van der Waals surface area contributed by atoms with Gasteiger partial charge in [-0.15, -0.1) is 0 Å². The van der Waals surface area contributed by atoms with Crippen LogP contribution in [0, 0.1) is 0 Å². The molecule has 12 rings (SSSR count). The van der Waals surface area contributed by atoms with Gasteiger partial charge in [0, 0.05) is 22.1 Å². The summed E-state index contributed by atoms with van der Waals surface area (Å²) in [6.07, 6.45) is 0. The van der Waals surface area contributed by atoms with E-state index >= 15 is 0 Å². The number of fused-ring (bicyclic) bond motifs is 7. The largest absolute Gasteiger partial charge is 0.228 e. The van der Waals surface area contributed by atoms with Crippen molar-refractivity contribution in [1.82, 2.24) is 9.97 Å². The van der Waals surface area contributed by atoms with Crippen molar-refractivity contribution in [2.75, 3.05) is 0 Å². The Kier molecular flexibility index (Phi) is 8.55. The van der Waals surface area contributed by atoms with E-state index in [9.17, 15) is 0 Å². The average molecular weight is 803 g/mol. The van der Waals surface area contributed by atoms with Crippen molar-refractivity contribution >= 4 is 32.3 Å². The molecule has 63 heavy (non-hydrogen) atoms. The van der Waals surface area contributed by atoms with Crippen molar-refractivity contribution in [3.8, 4) is 78.4 Å². The predicted octanol–water partition coefficient (Wildman–Crippen LogP) is 16.2. The van der Waals surface area contributed by atoms with Crippen LogP contribution in [0.4, 0.5) is 0 Å². The summed E-state index contributed by atoms with van der Waals surface area (Å²) in [7, 11) is 0. The molecule has 0 saturated heterocycles. The molecule has 0 unspecified atom stereocenters. The fraction of sp³-hybridized carbons (Fsp3) is 0.0492. The smallest absolute Gasteiger partial charge is 0.160 e. The molecule has 0 bridgehead atoms. The zero-order chi connectivity index (χ0) is 42.1. The van der Waals surface area contributed by atoms with Gasteiger partial charge in [-0.1, -0.05) is 220 Å². The number of nitrogens with zero attached hydrogens (tertiary/aromatic N) is 2. The van der Waals surface area contributed by atoms with Gasteiger partial charge in [-0.05, 0) is 100 Å². The van der Waals surface area contributed by atoms with Gasteiger partial charge in [0.15, 0.2) is 5.82 Å². The van der Waals surface area contributed by atoms with Crippen LogP contribution in [-0.2, 0) is 5.41 Å². The average Bonchev–Trinajstić information content (AvgIpc) is 3.59. The molecular formula is C61H42N2. The van der Waals surface area contributed by atoms with Crippen LogP contribution in [-0.4, -0.2) is 9.97 Å². The molecule has 296 valence electrons. The van der Waals surface area contributed by atoms with E-state index in [4.69, 9.17) is 9.97 Å². The van der Waals surface area contributed by atoms with Gasteiger partial charge in [0.05, 0.1) is 11.4 Å². The standard InChI is InChI=1S/C61H42N2/c1-61(2)55-36-30-41-17-9-10-20-46(41)59(55)54-31-29-44(37-56(54)61)45-32-33-51(48-22-12-11-21-47(45)48)52-34-35-53(50-24-14-13-23-49(50)52)58-38-57(62-60(63-58)43-18-7-4-8-19-43)42-27-25-40(26-28-42)39-15-5-3-6-16-39/h3-38H,1-2H3. The highest BCUT2D eigenvalue weighted by Crippen LogP contribution is 2.52. The second-order valence-corrected chi connectivity index (χ2v) is 17.3. The maximum atomic E-state index is 5.26. The molecule has 1 aromatic heterocycles. The summed E-state index contributed by atoms with van der Waals surface area (Å²) in [6.45, 7) is 4.75. The summed E-state index contributed by atoms with van der Waals surface area (Å²) in [4.78, 5) is 10.4. The lowest BCUT2D eigenvalue weighted by Crippen LogP contribution is -2.15. The van der Waals surface area contributed by atoms with E-state index in [1.807, 2.05) is 18.2 Å². The molecule has 0 aliphatic heterocycles. The van der Waals surface area contributed by atoms with Crippen LogP contribution < -0.4 is 0 Å². The first kappa shape index (κ1) is 36.9. The van der Waals surface area contributed by atoms with Crippen LogP contribution in [0.5, 0.6) is 0 Å². The molecule has 0 amide bonds. The van der Waals surface area contributed by atoms with Gasteiger partial charge in [-0.3, -0.25) is 0 Å². The molecule has 0 saturated carbocycles. The first-order valence-electron chi connectivity index (χ1n) is 21.8. The minimum absolute atomic E-state index is 0.111. The van der Waals surface area contributed by atoms with E-state index in [0.717, 1.165) is 33.5 Å². The van der Waals surface area contributed by atoms with E-state index in [1.54, 1.807) is 0 Å². The number of benzene rings is 10. The van der Waals surface area contributed by atoms with Gasteiger partial charge >= 0.3 is 0 Å².